The fourth-order valence-electron chi connectivity index (χ4n) is 3.07. The highest BCUT2D eigenvalue weighted by atomic mass is 16.5. The van der Waals surface area contributed by atoms with E-state index in [1.54, 1.807) is 0 Å². The summed E-state index contributed by atoms with van der Waals surface area (Å²) < 4.78 is 5.71. The Labute approximate surface area is 105 Å². The number of nitrogens with zero attached hydrogens (tertiary/aromatic N) is 1. The van der Waals surface area contributed by atoms with Crippen LogP contribution in [0.15, 0.2) is 0 Å². The van der Waals surface area contributed by atoms with Crippen LogP contribution in [0.5, 0.6) is 0 Å². The smallest absolute Gasteiger partial charge is 0.323 e. The normalized spacial score (nSPS) is 27.9. The molecule has 3 heteroatoms. The van der Waals surface area contributed by atoms with Gasteiger partial charge in [0.2, 0.25) is 0 Å². The third kappa shape index (κ3) is 3.44. The van der Waals surface area contributed by atoms with Crippen LogP contribution in [0.25, 0.3) is 0 Å². The Kier molecular flexibility index (Phi) is 4.84. The molecule has 1 saturated heterocycles. The molecule has 1 aliphatic carbocycles. The lowest BCUT2D eigenvalue weighted by atomic mass is 10.1. The van der Waals surface area contributed by atoms with Gasteiger partial charge in [-0.2, -0.15) is 0 Å². The van der Waals surface area contributed by atoms with Gasteiger partial charge in [0.05, 0.1) is 0 Å². The first-order chi connectivity index (χ1) is 8.31. The minimum atomic E-state index is 0.0382. The van der Waals surface area contributed by atoms with Crippen molar-refractivity contribution in [1.29, 1.82) is 0 Å². The topological polar surface area (TPSA) is 29.5 Å². The lowest BCUT2D eigenvalue weighted by Crippen LogP contribution is -2.38. The summed E-state index contributed by atoms with van der Waals surface area (Å²) in [5.41, 5.74) is 0. The highest BCUT2D eigenvalue weighted by Gasteiger charge is 2.32. The van der Waals surface area contributed by atoms with Crippen LogP contribution in [0.4, 0.5) is 0 Å². The summed E-state index contributed by atoms with van der Waals surface area (Å²) in [5, 5.41) is 0. The molecule has 1 atom stereocenters. The number of carbonyl (C=O) groups excluding carboxylic acids is 1. The van der Waals surface area contributed by atoms with E-state index < -0.39 is 0 Å². The third-order valence-electron chi connectivity index (χ3n) is 4.13. The Hall–Kier alpha value is -0.570. The molecule has 0 aromatic carbocycles. The van der Waals surface area contributed by atoms with E-state index in [1.165, 1.54) is 25.7 Å². The van der Waals surface area contributed by atoms with E-state index in [2.05, 4.69) is 11.8 Å². The van der Waals surface area contributed by atoms with Crippen molar-refractivity contribution in [3.05, 3.63) is 0 Å². The highest BCUT2D eigenvalue weighted by Crippen LogP contribution is 2.23. The van der Waals surface area contributed by atoms with Crippen LogP contribution >= 0.6 is 0 Å². The maximum Gasteiger partial charge on any atom is 0.323 e. The number of esters is 1. The predicted octanol–water partition coefficient (Wildman–Crippen LogP) is 2.74. The van der Waals surface area contributed by atoms with Gasteiger partial charge in [0.25, 0.3) is 0 Å². The number of likely N-dealkylation sites (N-methyl/N-ethyl adjacent to an activating group) is 1. The van der Waals surface area contributed by atoms with E-state index in [4.69, 9.17) is 4.74 Å². The van der Waals surface area contributed by atoms with Crippen molar-refractivity contribution in [1.82, 2.24) is 4.90 Å². The van der Waals surface area contributed by atoms with Gasteiger partial charge >= 0.3 is 5.97 Å². The lowest BCUT2D eigenvalue weighted by Gasteiger charge is -2.24. The average Bonchev–Trinajstić information content (AvgIpc) is 2.68. The maximum atomic E-state index is 12.1. The first kappa shape index (κ1) is 12.9. The van der Waals surface area contributed by atoms with Crippen LogP contribution < -0.4 is 0 Å². The molecule has 0 N–H and O–H groups in total. The highest BCUT2D eigenvalue weighted by molar-refractivity contribution is 5.76. The van der Waals surface area contributed by atoms with Crippen molar-refractivity contribution in [2.24, 2.45) is 0 Å². The van der Waals surface area contributed by atoms with Gasteiger partial charge in [-0.25, -0.2) is 0 Å². The van der Waals surface area contributed by atoms with E-state index >= 15 is 0 Å². The summed E-state index contributed by atoms with van der Waals surface area (Å²) in [4.78, 5) is 14.4. The SMILES string of the molecule is CCN1CCCC1C(=O)OC1CCCCCC1. The van der Waals surface area contributed by atoms with Crippen LogP contribution in [0.2, 0.25) is 0 Å². The van der Waals surface area contributed by atoms with Crippen molar-refractivity contribution < 1.29 is 9.53 Å². The quantitative estimate of drug-likeness (QED) is 0.560. The molecule has 98 valence electrons. The number of carbonyl (C=O) groups is 1. The van der Waals surface area contributed by atoms with Crippen molar-refractivity contribution in [3.63, 3.8) is 0 Å². The van der Waals surface area contributed by atoms with E-state index in [1.807, 2.05) is 0 Å². The number of hydrogen-bond acceptors (Lipinski definition) is 3. The molecule has 0 aromatic heterocycles. The van der Waals surface area contributed by atoms with Gasteiger partial charge in [-0.15, -0.1) is 0 Å². The van der Waals surface area contributed by atoms with Crippen LogP contribution in [0.1, 0.15) is 58.3 Å². The van der Waals surface area contributed by atoms with E-state index in [0.717, 1.165) is 38.8 Å². The Morgan fingerprint density at radius 2 is 1.82 bits per heavy atom. The molecule has 17 heavy (non-hydrogen) atoms. The molecule has 1 heterocycles. The summed E-state index contributed by atoms with van der Waals surface area (Å²) >= 11 is 0. The van der Waals surface area contributed by atoms with Crippen LogP contribution in [-0.2, 0) is 9.53 Å². The summed E-state index contributed by atoms with van der Waals surface area (Å²) in [6.07, 6.45) is 9.52. The molecule has 2 rings (SSSR count). The standard InChI is InChI=1S/C14H25NO2/c1-2-15-11-7-10-13(15)14(16)17-12-8-5-3-4-6-9-12/h12-13H,2-11H2,1H3. The Bertz CT molecular complexity index is 247. The minimum absolute atomic E-state index is 0.0382. The molecule has 0 radical (unpaired) electrons. The predicted molar refractivity (Wildman–Crippen MR) is 67.9 cm³/mol. The molecule has 0 aromatic rings. The fourth-order valence-corrected chi connectivity index (χ4v) is 3.07. The van der Waals surface area contributed by atoms with Gasteiger partial charge < -0.3 is 4.74 Å². The number of likely N-dealkylation sites (tertiary alicyclic amines) is 1. The van der Waals surface area contributed by atoms with Crippen LogP contribution in [-0.4, -0.2) is 36.1 Å². The molecule has 1 unspecified atom stereocenters. The summed E-state index contributed by atoms with van der Waals surface area (Å²) in [6.45, 7) is 4.14. The second-order valence-corrected chi connectivity index (χ2v) is 5.34. The van der Waals surface area contributed by atoms with Crippen molar-refractivity contribution in [2.45, 2.75) is 70.4 Å². The van der Waals surface area contributed by atoms with Crippen LogP contribution in [0.3, 0.4) is 0 Å². The molecular weight excluding hydrogens is 214 g/mol. The summed E-state index contributed by atoms with van der Waals surface area (Å²) in [7, 11) is 0. The molecule has 0 amide bonds. The Morgan fingerprint density at radius 1 is 1.12 bits per heavy atom. The second-order valence-electron chi connectivity index (χ2n) is 5.34. The minimum Gasteiger partial charge on any atom is -0.461 e. The van der Waals surface area contributed by atoms with Crippen LogP contribution in [0, 0.1) is 0 Å². The number of ether oxygens (including phenoxy) is 1. The summed E-state index contributed by atoms with van der Waals surface area (Å²) in [6, 6.07) is 0.0447. The van der Waals surface area contributed by atoms with Gasteiger partial charge in [0.1, 0.15) is 12.1 Å². The lowest BCUT2D eigenvalue weighted by molar-refractivity contribution is -0.155. The molecule has 0 spiro atoms. The van der Waals surface area contributed by atoms with Gasteiger partial charge in [0.15, 0.2) is 0 Å². The number of rotatable bonds is 3. The molecular formula is C14H25NO2. The molecule has 2 aliphatic rings. The first-order valence-corrected chi connectivity index (χ1v) is 7.26. The zero-order valence-corrected chi connectivity index (χ0v) is 11.0. The third-order valence-corrected chi connectivity index (χ3v) is 4.13. The van der Waals surface area contributed by atoms with Crippen molar-refractivity contribution >= 4 is 5.97 Å². The molecule has 2 fully saturated rings. The van der Waals surface area contributed by atoms with Gasteiger partial charge in [0, 0.05) is 0 Å². The molecule has 1 saturated carbocycles. The average molecular weight is 239 g/mol. The zero-order chi connectivity index (χ0) is 12.1. The molecule has 1 aliphatic heterocycles. The Morgan fingerprint density at radius 3 is 2.47 bits per heavy atom. The van der Waals surface area contributed by atoms with E-state index in [-0.39, 0.29) is 18.1 Å². The largest absolute Gasteiger partial charge is 0.461 e. The second kappa shape index (κ2) is 6.39. The van der Waals surface area contributed by atoms with E-state index in [9.17, 15) is 4.79 Å². The van der Waals surface area contributed by atoms with Gasteiger partial charge in [-0.1, -0.05) is 19.8 Å². The maximum absolute atomic E-state index is 12.1. The number of hydrogen-bond donors (Lipinski definition) is 0. The van der Waals surface area contributed by atoms with Crippen molar-refractivity contribution in [3.8, 4) is 0 Å². The molecule has 3 nitrogen and oxygen atoms in total. The Balaban J connectivity index is 1.82. The van der Waals surface area contributed by atoms with Gasteiger partial charge in [-0.3, -0.25) is 9.69 Å². The van der Waals surface area contributed by atoms with Gasteiger partial charge in [-0.05, 0) is 51.6 Å². The monoisotopic (exact) mass is 239 g/mol. The zero-order valence-electron chi connectivity index (χ0n) is 11.0. The first-order valence-electron chi connectivity index (χ1n) is 7.26. The summed E-state index contributed by atoms with van der Waals surface area (Å²) in [5.74, 6) is 0.0382. The van der Waals surface area contributed by atoms with E-state index in [0.29, 0.717) is 0 Å². The van der Waals surface area contributed by atoms with Crippen molar-refractivity contribution in [2.75, 3.05) is 13.1 Å². The molecule has 0 bridgehead atoms. The fraction of sp³-hybridized carbons (Fsp3) is 0.929.